The number of carbonyl (C=O) groups is 3. The van der Waals surface area contributed by atoms with Crippen molar-refractivity contribution in [3.8, 4) is 11.5 Å². The molecule has 1 aromatic rings. The molecule has 1 aromatic carbocycles. The summed E-state index contributed by atoms with van der Waals surface area (Å²) in [7, 11) is 3.31. The quantitative estimate of drug-likeness (QED) is 0.542. The Hall–Kier alpha value is -3.10. The number of nitrogens with one attached hydrogen (secondary N) is 1. The van der Waals surface area contributed by atoms with Crippen LogP contribution in [0.4, 0.5) is 4.79 Å². The Kier molecular flexibility index (Phi) is 6.59. The molecule has 0 aromatic heterocycles. The van der Waals surface area contributed by atoms with Crippen LogP contribution in [0, 0.1) is 0 Å². The van der Waals surface area contributed by atoms with Crippen LogP contribution in [0.1, 0.15) is 44.6 Å². The minimum atomic E-state index is -0.806. The molecule has 0 atom stereocenters. The molecule has 9 nitrogen and oxygen atoms in total. The largest absolute Gasteiger partial charge is 0.490 e. The molecule has 0 radical (unpaired) electrons. The second-order valence-corrected chi connectivity index (χ2v) is 7.65. The van der Waals surface area contributed by atoms with E-state index in [0.29, 0.717) is 36.5 Å². The molecule has 1 heterocycles. The van der Waals surface area contributed by atoms with Gasteiger partial charge in [-0.25, -0.2) is 4.79 Å². The van der Waals surface area contributed by atoms with Crippen LogP contribution in [0.25, 0.3) is 0 Å². The summed E-state index contributed by atoms with van der Waals surface area (Å²) in [5.41, 5.74) is -0.172. The molecule has 9 heteroatoms. The second kappa shape index (κ2) is 9.15. The molecule has 1 aliphatic carbocycles. The second-order valence-electron chi connectivity index (χ2n) is 7.65. The number of amides is 4. The van der Waals surface area contributed by atoms with E-state index >= 15 is 0 Å². The highest BCUT2D eigenvalue weighted by molar-refractivity contribution is 6.07. The van der Waals surface area contributed by atoms with Crippen molar-refractivity contribution >= 4 is 24.1 Å². The Morgan fingerprint density at radius 1 is 1.20 bits per heavy atom. The van der Waals surface area contributed by atoms with E-state index in [4.69, 9.17) is 9.47 Å². The first-order valence-electron chi connectivity index (χ1n) is 10.2. The molecule has 4 amide bonds. The Morgan fingerprint density at radius 2 is 1.93 bits per heavy atom. The summed E-state index contributed by atoms with van der Waals surface area (Å²) in [4.78, 5) is 38.3. The fraction of sp³-hybridized carbons (Fsp3) is 0.524. The molecule has 1 N–H and O–H groups in total. The summed E-state index contributed by atoms with van der Waals surface area (Å²) in [6.07, 6.45) is 5.64. The SMILES string of the molecule is CCOc1cc(/C=N\N2C(=O)NC3(CCCCC3)C2=O)ccc1OCC(=O)N(C)C. The van der Waals surface area contributed by atoms with Crippen LogP contribution < -0.4 is 14.8 Å². The lowest BCUT2D eigenvalue weighted by molar-refractivity contribution is -0.132. The third-order valence-electron chi connectivity index (χ3n) is 5.29. The van der Waals surface area contributed by atoms with E-state index in [2.05, 4.69) is 10.4 Å². The molecule has 2 aliphatic rings. The number of ether oxygens (including phenoxy) is 2. The van der Waals surface area contributed by atoms with Crippen molar-refractivity contribution in [2.75, 3.05) is 27.3 Å². The van der Waals surface area contributed by atoms with Gasteiger partial charge in [-0.05, 0) is 43.5 Å². The van der Waals surface area contributed by atoms with E-state index in [1.54, 1.807) is 32.3 Å². The summed E-state index contributed by atoms with van der Waals surface area (Å²) >= 11 is 0. The monoisotopic (exact) mass is 416 g/mol. The van der Waals surface area contributed by atoms with E-state index in [9.17, 15) is 14.4 Å². The van der Waals surface area contributed by atoms with Gasteiger partial charge in [-0.15, -0.1) is 5.01 Å². The highest BCUT2D eigenvalue weighted by Gasteiger charge is 2.51. The smallest absolute Gasteiger partial charge is 0.346 e. The molecule has 1 spiro atoms. The predicted molar refractivity (Wildman–Crippen MR) is 111 cm³/mol. The number of hydrogen-bond acceptors (Lipinski definition) is 6. The zero-order chi connectivity index (χ0) is 21.7. The van der Waals surface area contributed by atoms with Crippen molar-refractivity contribution in [2.45, 2.75) is 44.6 Å². The molecule has 162 valence electrons. The van der Waals surface area contributed by atoms with E-state index in [1.807, 2.05) is 6.92 Å². The maximum Gasteiger partial charge on any atom is 0.346 e. The number of nitrogens with zero attached hydrogens (tertiary/aromatic N) is 3. The van der Waals surface area contributed by atoms with Crippen molar-refractivity contribution in [3.63, 3.8) is 0 Å². The first kappa shape index (κ1) is 21.6. The number of hydrazone groups is 1. The molecule has 0 bridgehead atoms. The molecular formula is C21H28N4O5. The summed E-state index contributed by atoms with van der Waals surface area (Å²) < 4.78 is 11.2. The third kappa shape index (κ3) is 4.55. The Bertz CT molecular complexity index is 846. The molecular weight excluding hydrogens is 388 g/mol. The highest BCUT2D eigenvalue weighted by atomic mass is 16.5. The molecule has 2 fully saturated rings. The Balaban J connectivity index is 1.73. The van der Waals surface area contributed by atoms with E-state index < -0.39 is 11.6 Å². The van der Waals surface area contributed by atoms with Crippen molar-refractivity contribution in [1.82, 2.24) is 15.2 Å². The standard InChI is InChI=1S/C21H28N4O5/c1-4-29-17-12-15(8-9-16(17)30-14-18(26)24(2)3)13-22-25-19(27)21(23-20(25)28)10-6-5-7-11-21/h8-9,12-13H,4-7,10-11,14H2,1-3H3,(H,23,28)/b22-13-. The van der Waals surface area contributed by atoms with Crippen molar-refractivity contribution in [3.05, 3.63) is 23.8 Å². The minimum Gasteiger partial charge on any atom is -0.490 e. The predicted octanol–water partition coefficient (Wildman–Crippen LogP) is 2.14. The van der Waals surface area contributed by atoms with Gasteiger partial charge in [-0.3, -0.25) is 9.59 Å². The molecule has 30 heavy (non-hydrogen) atoms. The maximum atomic E-state index is 12.8. The normalized spacial score (nSPS) is 18.0. The fourth-order valence-electron chi connectivity index (χ4n) is 3.59. The average molecular weight is 416 g/mol. The third-order valence-corrected chi connectivity index (χ3v) is 5.29. The molecule has 0 unspecified atom stereocenters. The first-order valence-corrected chi connectivity index (χ1v) is 10.2. The first-order chi connectivity index (χ1) is 14.4. The molecule has 1 saturated carbocycles. The van der Waals surface area contributed by atoms with Gasteiger partial charge in [-0.2, -0.15) is 5.10 Å². The van der Waals surface area contributed by atoms with Crippen molar-refractivity contribution in [1.29, 1.82) is 0 Å². The summed E-state index contributed by atoms with van der Waals surface area (Å²) in [5, 5.41) is 7.86. The van der Waals surface area contributed by atoms with Gasteiger partial charge in [0.25, 0.3) is 11.8 Å². The Labute approximate surface area is 176 Å². The summed E-state index contributed by atoms with van der Waals surface area (Å²) in [6, 6.07) is 4.59. The Morgan fingerprint density at radius 3 is 2.60 bits per heavy atom. The zero-order valence-corrected chi connectivity index (χ0v) is 17.6. The number of urea groups is 1. The van der Waals surface area contributed by atoms with Crippen LogP contribution >= 0.6 is 0 Å². The topological polar surface area (TPSA) is 101 Å². The number of imide groups is 1. The van der Waals surface area contributed by atoms with Crippen LogP contribution in [0.15, 0.2) is 23.3 Å². The van der Waals surface area contributed by atoms with Crippen LogP contribution in [0.3, 0.4) is 0 Å². The van der Waals surface area contributed by atoms with Gasteiger partial charge in [0.05, 0.1) is 12.8 Å². The van der Waals surface area contributed by atoms with Gasteiger partial charge < -0.3 is 19.7 Å². The minimum absolute atomic E-state index is 0.106. The molecule has 1 saturated heterocycles. The summed E-state index contributed by atoms with van der Waals surface area (Å²) in [5.74, 6) is 0.420. The van der Waals surface area contributed by atoms with Crippen LogP contribution in [-0.4, -0.2) is 66.8 Å². The van der Waals surface area contributed by atoms with Gasteiger partial charge >= 0.3 is 6.03 Å². The summed E-state index contributed by atoms with van der Waals surface area (Å²) in [6.45, 7) is 2.14. The van der Waals surface area contributed by atoms with E-state index in [-0.39, 0.29) is 18.4 Å². The van der Waals surface area contributed by atoms with Crippen LogP contribution in [0.2, 0.25) is 0 Å². The number of benzene rings is 1. The van der Waals surface area contributed by atoms with Crippen molar-refractivity contribution in [2.24, 2.45) is 5.10 Å². The van der Waals surface area contributed by atoms with Crippen molar-refractivity contribution < 1.29 is 23.9 Å². The fourth-order valence-corrected chi connectivity index (χ4v) is 3.59. The zero-order valence-electron chi connectivity index (χ0n) is 17.6. The van der Waals surface area contributed by atoms with Crippen LogP contribution in [0.5, 0.6) is 11.5 Å². The van der Waals surface area contributed by atoms with Gasteiger partial charge in [0.15, 0.2) is 18.1 Å². The van der Waals surface area contributed by atoms with E-state index in [1.165, 1.54) is 11.1 Å². The number of rotatable bonds is 7. The lowest BCUT2D eigenvalue weighted by atomic mass is 9.82. The van der Waals surface area contributed by atoms with Gasteiger partial charge in [0.1, 0.15) is 5.54 Å². The number of hydrogen-bond donors (Lipinski definition) is 1. The number of carbonyl (C=O) groups excluding carboxylic acids is 3. The van der Waals surface area contributed by atoms with E-state index in [0.717, 1.165) is 24.3 Å². The average Bonchev–Trinajstić information content (AvgIpc) is 2.95. The lowest BCUT2D eigenvalue weighted by Crippen LogP contribution is -2.48. The van der Waals surface area contributed by atoms with Gasteiger partial charge in [0.2, 0.25) is 0 Å². The van der Waals surface area contributed by atoms with Gasteiger partial charge in [0, 0.05) is 14.1 Å². The molecule has 3 rings (SSSR count). The van der Waals surface area contributed by atoms with Gasteiger partial charge in [-0.1, -0.05) is 19.3 Å². The number of likely N-dealkylation sites (N-methyl/N-ethyl adjacent to an activating group) is 1. The highest BCUT2D eigenvalue weighted by Crippen LogP contribution is 2.34. The molecule has 1 aliphatic heterocycles. The van der Waals surface area contributed by atoms with Crippen LogP contribution in [-0.2, 0) is 9.59 Å². The maximum absolute atomic E-state index is 12.8. The lowest BCUT2D eigenvalue weighted by Gasteiger charge is -2.29.